The van der Waals surface area contributed by atoms with Gasteiger partial charge in [-0.3, -0.25) is 4.79 Å². The maximum atomic E-state index is 12.5. The first kappa shape index (κ1) is 19.4. The van der Waals surface area contributed by atoms with Gasteiger partial charge in [0.1, 0.15) is 5.60 Å². The highest BCUT2D eigenvalue weighted by Crippen LogP contribution is 2.24. The van der Waals surface area contributed by atoms with Gasteiger partial charge in [-0.25, -0.2) is 14.8 Å². The van der Waals surface area contributed by atoms with Gasteiger partial charge >= 0.3 is 6.09 Å². The van der Waals surface area contributed by atoms with E-state index in [0.717, 1.165) is 12.8 Å². The molecule has 2 amide bonds. The summed E-state index contributed by atoms with van der Waals surface area (Å²) in [5.41, 5.74) is -0.475. The monoisotopic (exact) mass is 375 g/mol. The average Bonchev–Trinajstić information content (AvgIpc) is 2.57. The number of ether oxygens (including phenoxy) is 1. The molecule has 1 aromatic heterocycles. The zero-order valence-corrected chi connectivity index (χ0v) is 16.4. The van der Waals surface area contributed by atoms with E-state index < -0.39 is 5.60 Å². The fourth-order valence-electron chi connectivity index (χ4n) is 3.35. The van der Waals surface area contributed by atoms with E-state index in [1.54, 1.807) is 23.4 Å². The van der Waals surface area contributed by atoms with Crippen molar-refractivity contribution in [1.29, 1.82) is 0 Å². The number of aromatic nitrogens is 2. The van der Waals surface area contributed by atoms with Crippen molar-refractivity contribution in [3.63, 3.8) is 0 Å². The molecule has 0 aliphatic carbocycles. The Kier molecular flexibility index (Phi) is 5.82. The quantitative estimate of drug-likeness (QED) is 0.867. The highest BCUT2D eigenvalue weighted by atomic mass is 16.6. The maximum Gasteiger partial charge on any atom is 0.410 e. The molecule has 0 aromatic carbocycles. The Balaban J connectivity index is 1.35. The predicted octanol–water partition coefficient (Wildman–Crippen LogP) is 2.14. The molecule has 2 aliphatic heterocycles. The largest absolute Gasteiger partial charge is 0.444 e. The Morgan fingerprint density at radius 2 is 1.78 bits per heavy atom. The smallest absolute Gasteiger partial charge is 0.410 e. The van der Waals surface area contributed by atoms with E-state index in [9.17, 15) is 9.59 Å². The summed E-state index contributed by atoms with van der Waals surface area (Å²) in [6.45, 7) is 8.30. The molecule has 0 spiro atoms. The molecule has 8 heteroatoms. The number of amides is 2. The normalized spacial score (nSPS) is 18.8. The zero-order valence-electron chi connectivity index (χ0n) is 16.4. The van der Waals surface area contributed by atoms with Gasteiger partial charge in [0.2, 0.25) is 11.9 Å². The molecule has 0 atom stereocenters. The molecule has 2 fully saturated rings. The van der Waals surface area contributed by atoms with E-state index in [1.807, 2.05) is 25.7 Å². The summed E-state index contributed by atoms with van der Waals surface area (Å²) < 4.78 is 5.41. The van der Waals surface area contributed by atoms with Crippen molar-refractivity contribution in [2.45, 2.75) is 51.7 Å². The SMILES string of the molecule is CC(C)(C)OC(=O)N1CCC(CC(=O)N2CC(Nc3ncccn3)C2)CC1. The Bertz CT molecular complexity index is 647. The first-order chi connectivity index (χ1) is 12.8. The molecule has 2 aliphatic rings. The number of rotatable bonds is 4. The lowest BCUT2D eigenvalue weighted by molar-refractivity contribution is -0.136. The third-order valence-electron chi connectivity index (χ3n) is 4.86. The van der Waals surface area contributed by atoms with Gasteiger partial charge in [0, 0.05) is 45.0 Å². The first-order valence-electron chi connectivity index (χ1n) is 9.59. The lowest BCUT2D eigenvalue weighted by Gasteiger charge is -2.41. The number of nitrogens with one attached hydrogen (secondary N) is 1. The lowest BCUT2D eigenvalue weighted by atomic mass is 9.92. The molecule has 1 aromatic rings. The van der Waals surface area contributed by atoms with Crippen LogP contribution in [-0.4, -0.2) is 69.6 Å². The van der Waals surface area contributed by atoms with Crippen molar-refractivity contribution in [1.82, 2.24) is 19.8 Å². The molecule has 1 N–H and O–H groups in total. The second-order valence-electron chi connectivity index (χ2n) is 8.33. The Morgan fingerprint density at radius 3 is 2.37 bits per heavy atom. The van der Waals surface area contributed by atoms with Crippen LogP contribution in [0.15, 0.2) is 18.5 Å². The molecule has 0 radical (unpaired) electrons. The van der Waals surface area contributed by atoms with Crippen molar-refractivity contribution >= 4 is 17.9 Å². The van der Waals surface area contributed by atoms with E-state index >= 15 is 0 Å². The van der Waals surface area contributed by atoms with Crippen LogP contribution in [0.1, 0.15) is 40.0 Å². The number of likely N-dealkylation sites (tertiary alicyclic amines) is 2. The highest BCUT2D eigenvalue weighted by Gasteiger charge is 2.33. The number of hydrogen-bond acceptors (Lipinski definition) is 6. The average molecular weight is 375 g/mol. The summed E-state index contributed by atoms with van der Waals surface area (Å²) in [5.74, 6) is 1.13. The van der Waals surface area contributed by atoms with E-state index in [2.05, 4.69) is 15.3 Å². The van der Waals surface area contributed by atoms with Gasteiger partial charge < -0.3 is 19.9 Å². The number of carbonyl (C=O) groups is 2. The molecular weight excluding hydrogens is 346 g/mol. The van der Waals surface area contributed by atoms with Gasteiger partial charge in [0.05, 0.1) is 6.04 Å². The third-order valence-corrected chi connectivity index (χ3v) is 4.86. The van der Waals surface area contributed by atoms with Crippen LogP contribution in [0, 0.1) is 5.92 Å². The summed E-state index contributed by atoms with van der Waals surface area (Å²) in [7, 11) is 0. The maximum absolute atomic E-state index is 12.5. The van der Waals surface area contributed by atoms with Gasteiger partial charge in [-0.05, 0) is 45.6 Å². The highest BCUT2D eigenvalue weighted by molar-refractivity contribution is 5.77. The summed E-state index contributed by atoms with van der Waals surface area (Å²) >= 11 is 0. The summed E-state index contributed by atoms with van der Waals surface area (Å²) in [6.07, 6.45) is 5.38. The molecule has 0 unspecified atom stereocenters. The fourth-order valence-corrected chi connectivity index (χ4v) is 3.35. The van der Waals surface area contributed by atoms with Crippen LogP contribution in [0.25, 0.3) is 0 Å². The van der Waals surface area contributed by atoms with Crippen molar-refractivity contribution in [3.8, 4) is 0 Å². The Morgan fingerprint density at radius 1 is 1.15 bits per heavy atom. The van der Waals surface area contributed by atoms with Crippen molar-refractivity contribution in [3.05, 3.63) is 18.5 Å². The van der Waals surface area contributed by atoms with E-state index in [1.165, 1.54) is 0 Å². The number of carbonyl (C=O) groups excluding carboxylic acids is 2. The molecular formula is C19H29N5O3. The number of piperidine rings is 1. The predicted molar refractivity (Wildman–Crippen MR) is 101 cm³/mol. The zero-order chi connectivity index (χ0) is 19.4. The van der Waals surface area contributed by atoms with Crippen LogP contribution in [0.5, 0.6) is 0 Å². The van der Waals surface area contributed by atoms with Crippen LogP contribution in [-0.2, 0) is 9.53 Å². The van der Waals surface area contributed by atoms with Gasteiger partial charge in [-0.15, -0.1) is 0 Å². The van der Waals surface area contributed by atoms with E-state index in [4.69, 9.17) is 4.74 Å². The summed E-state index contributed by atoms with van der Waals surface area (Å²) in [6, 6.07) is 1.99. The lowest BCUT2D eigenvalue weighted by Crippen LogP contribution is -2.57. The molecule has 3 heterocycles. The Hall–Kier alpha value is -2.38. The van der Waals surface area contributed by atoms with Gasteiger partial charge in [0.15, 0.2) is 0 Å². The minimum atomic E-state index is -0.475. The second-order valence-corrected chi connectivity index (χ2v) is 8.33. The van der Waals surface area contributed by atoms with Gasteiger partial charge in [0.25, 0.3) is 0 Å². The van der Waals surface area contributed by atoms with E-state index in [0.29, 0.717) is 44.5 Å². The Labute approximate surface area is 160 Å². The van der Waals surface area contributed by atoms with Gasteiger partial charge in [-0.2, -0.15) is 0 Å². The number of nitrogens with zero attached hydrogens (tertiary/aromatic N) is 4. The minimum absolute atomic E-state index is 0.192. The van der Waals surface area contributed by atoms with Crippen LogP contribution < -0.4 is 5.32 Å². The van der Waals surface area contributed by atoms with E-state index in [-0.39, 0.29) is 18.0 Å². The standard InChI is InChI=1S/C19H29N5O3/c1-19(2,3)27-18(26)23-9-5-14(6-10-23)11-16(25)24-12-15(13-24)22-17-20-7-4-8-21-17/h4,7-8,14-15H,5-6,9-13H2,1-3H3,(H,20,21,22). The summed E-state index contributed by atoms with van der Waals surface area (Å²) in [4.78, 5) is 36.5. The van der Waals surface area contributed by atoms with Crippen LogP contribution in [0.3, 0.4) is 0 Å². The molecule has 2 saturated heterocycles. The molecule has 148 valence electrons. The topological polar surface area (TPSA) is 87.7 Å². The van der Waals surface area contributed by atoms with Gasteiger partial charge in [-0.1, -0.05) is 0 Å². The summed E-state index contributed by atoms with van der Waals surface area (Å²) in [5, 5.41) is 3.23. The van der Waals surface area contributed by atoms with Crippen molar-refractivity contribution in [2.24, 2.45) is 5.92 Å². The molecule has 0 saturated carbocycles. The van der Waals surface area contributed by atoms with Crippen LogP contribution in [0.2, 0.25) is 0 Å². The fraction of sp³-hybridized carbons (Fsp3) is 0.684. The molecule has 8 nitrogen and oxygen atoms in total. The third kappa shape index (κ3) is 5.55. The first-order valence-corrected chi connectivity index (χ1v) is 9.59. The second kappa shape index (κ2) is 8.10. The number of hydrogen-bond donors (Lipinski definition) is 1. The van der Waals surface area contributed by atoms with Crippen LogP contribution in [0.4, 0.5) is 10.7 Å². The van der Waals surface area contributed by atoms with Crippen LogP contribution >= 0.6 is 0 Å². The molecule has 3 rings (SSSR count). The molecule has 0 bridgehead atoms. The minimum Gasteiger partial charge on any atom is -0.444 e. The van der Waals surface area contributed by atoms with Crippen molar-refractivity contribution < 1.29 is 14.3 Å². The molecule has 27 heavy (non-hydrogen) atoms. The van der Waals surface area contributed by atoms with Crippen molar-refractivity contribution in [2.75, 3.05) is 31.5 Å². The number of anilines is 1.